The number of aliphatic imine (C=N–C) groups is 1. The zero-order chi connectivity index (χ0) is 22.5. The summed E-state index contributed by atoms with van der Waals surface area (Å²) in [4.78, 5) is 23.9. The molecule has 2 aromatic rings. The number of aryl methyl sites for hydroxylation is 1. The monoisotopic (exact) mass is 565 g/mol. The number of nitrogens with one attached hydrogen (secondary N) is 1. The Bertz CT molecular complexity index is 935. The molecule has 0 saturated carbocycles. The van der Waals surface area contributed by atoms with Crippen LogP contribution >= 0.6 is 24.0 Å². The van der Waals surface area contributed by atoms with Crippen LogP contribution in [0.3, 0.4) is 0 Å². The summed E-state index contributed by atoms with van der Waals surface area (Å²) in [6.07, 6.45) is 6.15. The summed E-state index contributed by atoms with van der Waals surface area (Å²) < 4.78 is 1.72. The van der Waals surface area contributed by atoms with Crippen molar-refractivity contribution < 1.29 is 4.79 Å². The Morgan fingerprint density at radius 3 is 2.45 bits per heavy atom. The molecule has 2 aliphatic rings. The molecule has 180 valence electrons. The van der Waals surface area contributed by atoms with E-state index in [9.17, 15) is 4.79 Å². The van der Waals surface area contributed by atoms with Gasteiger partial charge in [0.05, 0.1) is 18.4 Å². The van der Waals surface area contributed by atoms with Crippen molar-refractivity contribution in [1.29, 1.82) is 0 Å². The van der Waals surface area contributed by atoms with E-state index in [1.165, 1.54) is 24.1 Å². The van der Waals surface area contributed by atoms with Crippen LogP contribution in [-0.4, -0.2) is 65.8 Å². The van der Waals surface area contributed by atoms with Gasteiger partial charge in [0, 0.05) is 51.7 Å². The third-order valence-corrected chi connectivity index (χ3v) is 6.35. The van der Waals surface area contributed by atoms with Gasteiger partial charge in [-0.15, -0.1) is 24.0 Å². The molecule has 2 fully saturated rings. The molecule has 1 aromatic carbocycles. The second-order valence-electron chi connectivity index (χ2n) is 8.85. The topological polar surface area (TPSA) is 69.0 Å². The molecule has 1 amide bonds. The van der Waals surface area contributed by atoms with Crippen LogP contribution in [0.1, 0.15) is 32.3 Å². The number of piperidine rings is 1. The fourth-order valence-electron chi connectivity index (χ4n) is 4.35. The normalized spacial score (nSPS) is 17.8. The molecule has 2 aliphatic heterocycles. The van der Waals surface area contributed by atoms with Crippen molar-refractivity contribution >= 4 is 47.2 Å². The van der Waals surface area contributed by atoms with Crippen LogP contribution in [-0.2, 0) is 18.4 Å². The molecule has 0 aliphatic carbocycles. The van der Waals surface area contributed by atoms with Gasteiger partial charge in [0.1, 0.15) is 6.54 Å². The summed E-state index contributed by atoms with van der Waals surface area (Å²) >= 11 is 0. The fraction of sp³-hybridized carbons (Fsp3) is 0.542. The van der Waals surface area contributed by atoms with E-state index in [4.69, 9.17) is 4.99 Å². The third kappa shape index (κ3) is 6.39. The largest absolute Gasteiger partial charge is 0.372 e. The average Bonchev–Trinajstić information content (AvgIpc) is 3.23. The van der Waals surface area contributed by atoms with Gasteiger partial charge in [-0.05, 0) is 43.4 Å². The number of carbonyl (C=O) groups excluding carboxylic acids is 1. The molecule has 0 spiro atoms. The van der Waals surface area contributed by atoms with Crippen LogP contribution in [0.5, 0.6) is 0 Å². The highest BCUT2D eigenvalue weighted by molar-refractivity contribution is 14.0. The number of aromatic nitrogens is 2. The van der Waals surface area contributed by atoms with Crippen molar-refractivity contribution in [2.45, 2.75) is 33.2 Å². The second kappa shape index (κ2) is 11.7. The summed E-state index contributed by atoms with van der Waals surface area (Å²) in [7, 11) is 1.86. The molecule has 33 heavy (non-hydrogen) atoms. The number of hydrogen-bond donors (Lipinski definition) is 1. The first-order valence-electron chi connectivity index (χ1n) is 11.7. The van der Waals surface area contributed by atoms with Crippen LogP contribution in [0.2, 0.25) is 0 Å². The number of piperazine rings is 1. The van der Waals surface area contributed by atoms with Crippen molar-refractivity contribution in [2.24, 2.45) is 18.0 Å². The van der Waals surface area contributed by atoms with Crippen LogP contribution in [0.25, 0.3) is 0 Å². The lowest BCUT2D eigenvalue weighted by Crippen LogP contribution is -2.55. The standard InChI is InChI=1S/C24H35N7O.HI/c1-4-25-24(30-13-14-31(23(32)18-30)22-16-27-28(3)17-22)26-15-20-5-7-21(8-6-20)29-11-9-19(2)10-12-29;/h5-8,16-17,19H,4,9-15,18H2,1-3H3,(H,25,26);1H. The minimum absolute atomic E-state index is 0. The maximum absolute atomic E-state index is 12.8. The second-order valence-corrected chi connectivity index (χ2v) is 8.85. The Morgan fingerprint density at radius 2 is 1.85 bits per heavy atom. The quantitative estimate of drug-likeness (QED) is 0.343. The van der Waals surface area contributed by atoms with Crippen LogP contribution in [0, 0.1) is 5.92 Å². The molecule has 0 radical (unpaired) electrons. The minimum atomic E-state index is 0. The Morgan fingerprint density at radius 1 is 1.12 bits per heavy atom. The maximum atomic E-state index is 12.8. The Hall–Kier alpha value is -2.30. The molecular formula is C24H36IN7O. The van der Waals surface area contributed by atoms with Crippen molar-refractivity contribution in [3.8, 4) is 0 Å². The van der Waals surface area contributed by atoms with Crippen LogP contribution < -0.4 is 15.1 Å². The molecular weight excluding hydrogens is 529 g/mol. The van der Waals surface area contributed by atoms with Crippen LogP contribution in [0.4, 0.5) is 11.4 Å². The van der Waals surface area contributed by atoms with Gasteiger partial charge < -0.3 is 20.0 Å². The van der Waals surface area contributed by atoms with E-state index in [1.807, 2.05) is 18.1 Å². The highest BCUT2D eigenvalue weighted by Gasteiger charge is 2.27. The van der Waals surface area contributed by atoms with Gasteiger partial charge in [0.2, 0.25) is 5.91 Å². The van der Waals surface area contributed by atoms with Gasteiger partial charge in [-0.1, -0.05) is 19.1 Å². The van der Waals surface area contributed by atoms with Crippen molar-refractivity contribution in [1.82, 2.24) is 20.0 Å². The van der Waals surface area contributed by atoms with Gasteiger partial charge >= 0.3 is 0 Å². The third-order valence-electron chi connectivity index (χ3n) is 6.35. The first kappa shape index (κ1) is 25.3. The predicted octanol–water partition coefficient (Wildman–Crippen LogP) is 3.09. The molecule has 8 nitrogen and oxygen atoms in total. The molecule has 0 atom stereocenters. The number of guanidine groups is 1. The summed E-state index contributed by atoms with van der Waals surface area (Å²) in [6, 6.07) is 8.77. The number of halogens is 1. The Kier molecular flexibility index (Phi) is 8.99. The number of hydrogen-bond acceptors (Lipinski definition) is 4. The van der Waals surface area contributed by atoms with Gasteiger partial charge in [-0.2, -0.15) is 5.10 Å². The number of carbonyl (C=O) groups is 1. The van der Waals surface area contributed by atoms with Crippen molar-refractivity contribution in [2.75, 3.05) is 49.1 Å². The van der Waals surface area contributed by atoms with Gasteiger partial charge in [0.25, 0.3) is 0 Å². The Balaban J connectivity index is 0.00000306. The molecule has 9 heteroatoms. The summed E-state index contributed by atoms with van der Waals surface area (Å²) in [5.74, 6) is 1.69. The highest BCUT2D eigenvalue weighted by Crippen LogP contribution is 2.23. The molecule has 0 unspecified atom stereocenters. The van der Waals surface area contributed by atoms with Gasteiger partial charge in [0.15, 0.2) is 5.96 Å². The summed E-state index contributed by atoms with van der Waals surface area (Å²) in [6.45, 7) is 9.71. The van der Waals surface area contributed by atoms with E-state index in [-0.39, 0.29) is 29.9 Å². The molecule has 1 N–H and O–H groups in total. The van der Waals surface area contributed by atoms with Crippen molar-refractivity contribution in [3.05, 3.63) is 42.2 Å². The lowest BCUT2D eigenvalue weighted by atomic mass is 9.99. The summed E-state index contributed by atoms with van der Waals surface area (Å²) in [5.41, 5.74) is 3.32. The number of amides is 1. The molecule has 3 heterocycles. The van der Waals surface area contributed by atoms with E-state index < -0.39 is 0 Å². The van der Waals surface area contributed by atoms with Gasteiger partial charge in [-0.3, -0.25) is 9.48 Å². The smallest absolute Gasteiger partial charge is 0.246 e. The zero-order valence-corrected chi connectivity index (χ0v) is 22.2. The van der Waals surface area contributed by atoms with Crippen LogP contribution in [0.15, 0.2) is 41.7 Å². The maximum Gasteiger partial charge on any atom is 0.246 e. The molecule has 2 saturated heterocycles. The zero-order valence-electron chi connectivity index (χ0n) is 19.9. The molecule has 1 aromatic heterocycles. The number of nitrogens with zero attached hydrogens (tertiary/aromatic N) is 6. The number of anilines is 2. The Labute approximate surface area is 214 Å². The summed E-state index contributed by atoms with van der Waals surface area (Å²) in [5, 5.41) is 7.53. The van der Waals surface area contributed by atoms with E-state index in [0.29, 0.717) is 19.6 Å². The highest BCUT2D eigenvalue weighted by atomic mass is 127. The number of benzene rings is 1. The SMILES string of the molecule is CCNC(=NCc1ccc(N2CCC(C)CC2)cc1)N1CCN(c2cnn(C)c2)C(=O)C1.I. The molecule has 0 bridgehead atoms. The van der Waals surface area contributed by atoms with E-state index >= 15 is 0 Å². The number of rotatable bonds is 5. The average molecular weight is 566 g/mol. The minimum Gasteiger partial charge on any atom is -0.372 e. The van der Waals surface area contributed by atoms with E-state index in [0.717, 1.165) is 43.7 Å². The lowest BCUT2D eigenvalue weighted by molar-refractivity contribution is -0.120. The molecule has 4 rings (SSSR count). The predicted molar refractivity (Wildman–Crippen MR) is 144 cm³/mol. The first-order valence-corrected chi connectivity index (χ1v) is 11.7. The lowest BCUT2D eigenvalue weighted by Gasteiger charge is -2.35. The first-order chi connectivity index (χ1) is 15.5. The van der Waals surface area contributed by atoms with Crippen molar-refractivity contribution in [3.63, 3.8) is 0 Å². The van der Waals surface area contributed by atoms with E-state index in [1.54, 1.807) is 15.8 Å². The van der Waals surface area contributed by atoms with Gasteiger partial charge in [-0.25, -0.2) is 4.99 Å². The van der Waals surface area contributed by atoms with E-state index in [2.05, 4.69) is 53.4 Å². The fourth-order valence-corrected chi connectivity index (χ4v) is 4.35.